The minimum atomic E-state index is 0.0537. The van der Waals surface area contributed by atoms with E-state index in [0.717, 1.165) is 56.7 Å². The molecule has 2 amide bonds. The molecule has 2 heterocycles. The molecule has 4 rings (SSSR count). The van der Waals surface area contributed by atoms with Crippen LogP contribution in [0.15, 0.2) is 35.4 Å². The molecule has 0 unspecified atom stereocenters. The quantitative estimate of drug-likeness (QED) is 0.803. The van der Waals surface area contributed by atoms with E-state index in [0.29, 0.717) is 19.0 Å². The van der Waals surface area contributed by atoms with E-state index in [1.54, 1.807) is 5.01 Å². The summed E-state index contributed by atoms with van der Waals surface area (Å²) in [4.78, 5) is 29.5. The minimum absolute atomic E-state index is 0.0537. The van der Waals surface area contributed by atoms with Crippen molar-refractivity contribution < 1.29 is 9.59 Å². The summed E-state index contributed by atoms with van der Waals surface area (Å²) in [5, 5.41) is 6.15. The number of hydrogen-bond acceptors (Lipinski definition) is 4. The number of carbonyl (C=O) groups is 2. The molecule has 2 fully saturated rings. The lowest BCUT2D eigenvalue weighted by Gasteiger charge is -2.37. The molecule has 3 aliphatic rings. The topological polar surface area (TPSA) is 56.2 Å². The molecule has 1 saturated carbocycles. The lowest BCUT2D eigenvalue weighted by molar-refractivity contribution is -0.139. The van der Waals surface area contributed by atoms with Gasteiger partial charge in [0.15, 0.2) is 0 Å². The van der Waals surface area contributed by atoms with Gasteiger partial charge < -0.3 is 4.90 Å². The van der Waals surface area contributed by atoms with E-state index < -0.39 is 0 Å². The molecule has 1 saturated heterocycles. The van der Waals surface area contributed by atoms with Gasteiger partial charge >= 0.3 is 0 Å². The van der Waals surface area contributed by atoms with E-state index in [1.807, 2.05) is 35.2 Å². The Kier molecular flexibility index (Phi) is 6.05. The largest absolute Gasteiger partial charge is 0.340 e. The molecule has 6 heteroatoms. The normalized spacial score (nSPS) is 21.6. The highest BCUT2D eigenvalue weighted by Crippen LogP contribution is 2.25. The molecule has 0 aromatic heterocycles. The highest BCUT2D eigenvalue weighted by Gasteiger charge is 2.30. The molecule has 1 aromatic carbocycles. The second-order valence-electron chi connectivity index (χ2n) is 8.12. The first-order valence-electron chi connectivity index (χ1n) is 10.6. The van der Waals surface area contributed by atoms with Crippen LogP contribution in [0.3, 0.4) is 0 Å². The first kappa shape index (κ1) is 19.1. The molecule has 1 aliphatic carbocycles. The summed E-state index contributed by atoms with van der Waals surface area (Å²) in [5.74, 6) is 0.623. The smallest absolute Gasteiger partial charge is 0.256 e. The van der Waals surface area contributed by atoms with Gasteiger partial charge in [-0.25, -0.2) is 5.01 Å². The van der Waals surface area contributed by atoms with Gasteiger partial charge in [-0.05, 0) is 18.4 Å². The van der Waals surface area contributed by atoms with Crippen molar-refractivity contribution in [3.63, 3.8) is 0 Å². The summed E-state index contributed by atoms with van der Waals surface area (Å²) in [6, 6.07) is 10.1. The van der Waals surface area contributed by atoms with Gasteiger partial charge in [-0.15, -0.1) is 0 Å². The summed E-state index contributed by atoms with van der Waals surface area (Å²) in [7, 11) is 0. The maximum atomic E-state index is 12.7. The van der Waals surface area contributed by atoms with Gasteiger partial charge in [0.2, 0.25) is 5.91 Å². The second kappa shape index (κ2) is 8.86. The Morgan fingerprint density at radius 3 is 2.36 bits per heavy atom. The number of amides is 2. The Morgan fingerprint density at radius 2 is 1.64 bits per heavy atom. The Balaban J connectivity index is 1.25. The summed E-state index contributed by atoms with van der Waals surface area (Å²) < 4.78 is 0. The molecule has 0 atom stereocenters. The third kappa shape index (κ3) is 4.43. The van der Waals surface area contributed by atoms with Gasteiger partial charge in [0.1, 0.15) is 0 Å². The predicted octanol–water partition coefficient (Wildman–Crippen LogP) is 2.35. The average molecular weight is 383 g/mol. The number of rotatable bonds is 4. The summed E-state index contributed by atoms with van der Waals surface area (Å²) in [6.07, 6.45) is 6.55. The number of nitrogens with zero attached hydrogens (tertiary/aromatic N) is 4. The molecular formula is C22H30N4O2. The fourth-order valence-corrected chi connectivity index (χ4v) is 4.48. The molecule has 2 aliphatic heterocycles. The van der Waals surface area contributed by atoms with Crippen molar-refractivity contribution in [1.29, 1.82) is 0 Å². The van der Waals surface area contributed by atoms with E-state index >= 15 is 0 Å². The van der Waals surface area contributed by atoms with Crippen LogP contribution in [0.25, 0.3) is 0 Å². The summed E-state index contributed by atoms with van der Waals surface area (Å²) in [5.41, 5.74) is 2.07. The van der Waals surface area contributed by atoms with Crippen molar-refractivity contribution in [2.45, 2.75) is 38.5 Å². The Hall–Kier alpha value is -2.21. The lowest BCUT2D eigenvalue weighted by atomic mass is 9.88. The van der Waals surface area contributed by atoms with E-state index in [1.165, 1.54) is 19.3 Å². The highest BCUT2D eigenvalue weighted by atomic mass is 16.2. The molecule has 0 bridgehead atoms. The number of carbonyl (C=O) groups excluding carboxylic acids is 2. The van der Waals surface area contributed by atoms with Crippen LogP contribution in [0.1, 0.15) is 44.1 Å². The predicted molar refractivity (Wildman–Crippen MR) is 109 cm³/mol. The van der Waals surface area contributed by atoms with Crippen molar-refractivity contribution in [2.75, 3.05) is 39.3 Å². The number of benzene rings is 1. The zero-order valence-electron chi connectivity index (χ0n) is 16.6. The maximum absolute atomic E-state index is 12.7. The molecule has 150 valence electrons. The fourth-order valence-electron chi connectivity index (χ4n) is 4.48. The number of piperazine rings is 1. The van der Waals surface area contributed by atoms with Crippen molar-refractivity contribution in [2.24, 2.45) is 11.0 Å². The highest BCUT2D eigenvalue weighted by molar-refractivity contribution is 6.02. The van der Waals surface area contributed by atoms with E-state index in [4.69, 9.17) is 0 Å². The number of hydrogen-bond donors (Lipinski definition) is 0. The van der Waals surface area contributed by atoms with Crippen LogP contribution in [0.4, 0.5) is 0 Å². The molecular weight excluding hydrogens is 352 g/mol. The van der Waals surface area contributed by atoms with Crippen LogP contribution in [0.2, 0.25) is 0 Å². The average Bonchev–Trinajstić information content (AvgIpc) is 3.26. The summed E-state index contributed by atoms with van der Waals surface area (Å²) >= 11 is 0. The lowest BCUT2D eigenvalue weighted by Crippen LogP contribution is -2.52. The van der Waals surface area contributed by atoms with Crippen molar-refractivity contribution in [3.05, 3.63) is 35.9 Å². The van der Waals surface area contributed by atoms with Crippen LogP contribution in [-0.2, 0) is 9.59 Å². The summed E-state index contributed by atoms with van der Waals surface area (Å²) in [6.45, 7) is 4.06. The SMILES string of the molecule is O=C(C1CCCCC1)N1CCN(CC(=O)N2CCC(c3ccccc3)=N2)CC1. The maximum Gasteiger partial charge on any atom is 0.256 e. The minimum Gasteiger partial charge on any atom is -0.340 e. The third-order valence-corrected chi connectivity index (χ3v) is 6.19. The molecule has 1 aromatic rings. The van der Waals surface area contributed by atoms with Crippen molar-refractivity contribution in [3.8, 4) is 0 Å². The molecule has 0 radical (unpaired) electrons. The van der Waals surface area contributed by atoms with Crippen LogP contribution in [-0.4, -0.2) is 71.6 Å². The zero-order chi connectivity index (χ0) is 19.3. The van der Waals surface area contributed by atoms with Gasteiger partial charge in [-0.3, -0.25) is 14.5 Å². The third-order valence-electron chi connectivity index (χ3n) is 6.19. The van der Waals surface area contributed by atoms with Gasteiger partial charge in [-0.2, -0.15) is 5.10 Å². The Morgan fingerprint density at radius 1 is 0.929 bits per heavy atom. The van der Waals surface area contributed by atoms with Crippen LogP contribution in [0.5, 0.6) is 0 Å². The molecule has 28 heavy (non-hydrogen) atoms. The molecule has 0 N–H and O–H groups in total. The van der Waals surface area contributed by atoms with E-state index in [-0.39, 0.29) is 11.8 Å². The van der Waals surface area contributed by atoms with Gasteiger partial charge in [0, 0.05) is 38.5 Å². The van der Waals surface area contributed by atoms with Crippen LogP contribution in [0, 0.1) is 5.92 Å². The van der Waals surface area contributed by atoms with Gasteiger partial charge in [-0.1, -0.05) is 49.6 Å². The molecule has 0 spiro atoms. The van der Waals surface area contributed by atoms with Crippen molar-refractivity contribution in [1.82, 2.24) is 14.8 Å². The van der Waals surface area contributed by atoms with Gasteiger partial charge in [0.25, 0.3) is 5.91 Å². The Labute approximate surface area is 167 Å². The van der Waals surface area contributed by atoms with E-state index in [2.05, 4.69) is 10.0 Å². The van der Waals surface area contributed by atoms with E-state index in [9.17, 15) is 9.59 Å². The zero-order valence-corrected chi connectivity index (χ0v) is 16.6. The second-order valence-corrected chi connectivity index (χ2v) is 8.12. The van der Waals surface area contributed by atoms with Crippen molar-refractivity contribution >= 4 is 17.5 Å². The van der Waals surface area contributed by atoms with Crippen LogP contribution >= 0.6 is 0 Å². The first-order valence-corrected chi connectivity index (χ1v) is 10.6. The van der Waals surface area contributed by atoms with Gasteiger partial charge in [0.05, 0.1) is 18.8 Å². The standard InChI is InChI=1S/C22H30N4O2/c27-21(26-12-11-20(23-26)18-7-3-1-4-8-18)17-24-13-15-25(16-14-24)22(28)19-9-5-2-6-10-19/h1,3-4,7-8,19H,2,5-6,9-17H2. The number of hydrazone groups is 1. The Bertz CT molecular complexity index is 719. The first-order chi connectivity index (χ1) is 13.7. The monoisotopic (exact) mass is 382 g/mol. The molecule has 6 nitrogen and oxygen atoms in total. The fraction of sp³-hybridized carbons (Fsp3) is 0.591. The van der Waals surface area contributed by atoms with Crippen LogP contribution < -0.4 is 0 Å².